The minimum atomic E-state index is -0.00707. The van der Waals surface area contributed by atoms with Gasteiger partial charge in [-0.1, -0.05) is 55.5 Å². The molecule has 1 amide bonds. The summed E-state index contributed by atoms with van der Waals surface area (Å²) in [6.07, 6.45) is 0.818. The molecule has 2 aromatic carbocycles. The van der Waals surface area contributed by atoms with Crippen molar-refractivity contribution in [2.24, 2.45) is 0 Å². The van der Waals surface area contributed by atoms with Crippen molar-refractivity contribution >= 4 is 11.6 Å². The fourth-order valence-electron chi connectivity index (χ4n) is 2.05. The maximum Gasteiger partial charge on any atom is 0.238 e. The van der Waals surface area contributed by atoms with E-state index in [1.807, 2.05) is 43.3 Å². The molecule has 104 valence electrons. The third-order valence-corrected chi connectivity index (χ3v) is 3.06. The zero-order chi connectivity index (χ0) is 14.2. The van der Waals surface area contributed by atoms with E-state index in [1.165, 1.54) is 5.56 Å². The number of anilines is 1. The van der Waals surface area contributed by atoms with Crippen molar-refractivity contribution in [2.45, 2.75) is 13.3 Å². The van der Waals surface area contributed by atoms with Gasteiger partial charge in [0.2, 0.25) is 5.91 Å². The summed E-state index contributed by atoms with van der Waals surface area (Å²) < 4.78 is 0. The van der Waals surface area contributed by atoms with Crippen LogP contribution in [0, 0.1) is 0 Å². The molecule has 0 aliphatic carbocycles. The Bertz CT molecular complexity index is 552. The van der Waals surface area contributed by atoms with Gasteiger partial charge in [-0.25, -0.2) is 0 Å². The van der Waals surface area contributed by atoms with Crippen LogP contribution < -0.4 is 10.6 Å². The molecule has 0 aliphatic heterocycles. The molecule has 0 aromatic heterocycles. The van der Waals surface area contributed by atoms with Crippen LogP contribution in [-0.4, -0.2) is 19.0 Å². The van der Waals surface area contributed by atoms with Crippen molar-refractivity contribution in [3.8, 4) is 0 Å². The predicted octanol–water partition coefficient (Wildman–Crippen LogP) is 2.83. The van der Waals surface area contributed by atoms with Crippen LogP contribution in [0.1, 0.15) is 18.1 Å². The highest BCUT2D eigenvalue weighted by Gasteiger charge is 2.06. The number of carbonyl (C=O) groups is 1. The average molecular weight is 268 g/mol. The normalized spacial score (nSPS) is 10.2. The van der Waals surface area contributed by atoms with Crippen LogP contribution >= 0.6 is 0 Å². The molecule has 0 unspecified atom stereocenters. The Morgan fingerprint density at radius 2 is 1.70 bits per heavy atom. The van der Waals surface area contributed by atoms with Crippen LogP contribution in [0.2, 0.25) is 0 Å². The smallest absolute Gasteiger partial charge is 0.238 e. The van der Waals surface area contributed by atoms with E-state index < -0.39 is 0 Å². The summed E-state index contributed by atoms with van der Waals surface area (Å²) in [5, 5.41) is 5.99. The van der Waals surface area contributed by atoms with Gasteiger partial charge >= 0.3 is 0 Å². The van der Waals surface area contributed by atoms with Crippen LogP contribution in [-0.2, 0) is 11.2 Å². The molecule has 0 bridgehead atoms. The average Bonchev–Trinajstić information content (AvgIpc) is 2.48. The number of amides is 1. The SMILES string of the molecule is CCNCC(=O)Nc1ccccc1Cc1ccccc1. The van der Waals surface area contributed by atoms with Crippen molar-refractivity contribution in [1.82, 2.24) is 5.32 Å². The highest BCUT2D eigenvalue weighted by molar-refractivity contribution is 5.93. The van der Waals surface area contributed by atoms with E-state index in [2.05, 4.69) is 28.8 Å². The highest BCUT2D eigenvalue weighted by Crippen LogP contribution is 2.18. The summed E-state index contributed by atoms with van der Waals surface area (Å²) in [6, 6.07) is 18.2. The molecule has 0 spiro atoms. The molecule has 0 saturated heterocycles. The fraction of sp³-hybridized carbons (Fsp3) is 0.235. The Balaban J connectivity index is 2.08. The Morgan fingerprint density at radius 1 is 1.00 bits per heavy atom. The molecule has 2 aromatic rings. The molecular weight excluding hydrogens is 248 g/mol. The Kier molecular flexibility index (Phi) is 5.33. The lowest BCUT2D eigenvalue weighted by Gasteiger charge is -2.11. The van der Waals surface area contributed by atoms with Crippen molar-refractivity contribution < 1.29 is 4.79 Å². The van der Waals surface area contributed by atoms with Gasteiger partial charge in [-0.15, -0.1) is 0 Å². The third kappa shape index (κ3) is 4.21. The van der Waals surface area contributed by atoms with E-state index in [1.54, 1.807) is 0 Å². The molecule has 2 rings (SSSR count). The fourth-order valence-corrected chi connectivity index (χ4v) is 2.05. The number of likely N-dealkylation sites (N-methyl/N-ethyl adjacent to an activating group) is 1. The van der Waals surface area contributed by atoms with E-state index in [-0.39, 0.29) is 5.91 Å². The second-order valence-corrected chi connectivity index (χ2v) is 4.65. The number of rotatable bonds is 6. The van der Waals surface area contributed by atoms with Gasteiger partial charge in [-0.05, 0) is 30.2 Å². The number of benzene rings is 2. The van der Waals surface area contributed by atoms with E-state index in [9.17, 15) is 4.79 Å². The van der Waals surface area contributed by atoms with Gasteiger partial charge in [0.15, 0.2) is 0 Å². The molecule has 20 heavy (non-hydrogen) atoms. The van der Waals surface area contributed by atoms with Crippen LogP contribution in [0.3, 0.4) is 0 Å². The molecule has 2 N–H and O–H groups in total. The van der Waals surface area contributed by atoms with Gasteiger partial charge in [0.25, 0.3) is 0 Å². The van der Waals surface area contributed by atoms with Gasteiger partial charge < -0.3 is 10.6 Å². The largest absolute Gasteiger partial charge is 0.325 e. The summed E-state index contributed by atoms with van der Waals surface area (Å²) in [7, 11) is 0. The van der Waals surface area contributed by atoms with Crippen molar-refractivity contribution in [3.05, 3.63) is 65.7 Å². The van der Waals surface area contributed by atoms with E-state index >= 15 is 0 Å². The second-order valence-electron chi connectivity index (χ2n) is 4.65. The zero-order valence-corrected chi connectivity index (χ0v) is 11.7. The van der Waals surface area contributed by atoms with E-state index in [0.717, 1.165) is 24.2 Å². The van der Waals surface area contributed by atoms with Crippen LogP contribution in [0.25, 0.3) is 0 Å². The lowest BCUT2D eigenvalue weighted by molar-refractivity contribution is -0.115. The van der Waals surface area contributed by atoms with Crippen LogP contribution in [0.15, 0.2) is 54.6 Å². The maximum absolute atomic E-state index is 11.8. The van der Waals surface area contributed by atoms with Gasteiger partial charge in [0.1, 0.15) is 0 Å². The lowest BCUT2D eigenvalue weighted by Crippen LogP contribution is -2.28. The molecule has 0 saturated carbocycles. The molecule has 0 atom stereocenters. The molecule has 3 heteroatoms. The maximum atomic E-state index is 11.8. The summed E-state index contributed by atoms with van der Waals surface area (Å²) in [5.74, 6) is -0.00707. The van der Waals surface area contributed by atoms with Crippen LogP contribution in [0.4, 0.5) is 5.69 Å². The number of hydrogen-bond donors (Lipinski definition) is 2. The van der Waals surface area contributed by atoms with Crippen molar-refractivity contribution in [3.63, 3.8) is 0 Å². The quantitative estimate of drug-likeness (QED) is 0.846. The van der Waals surface area contributed by atoms with Crippen molar-refractivity contribution in [1.29, 1.82) is 0 Å². The molecular formula is C17H20N2O. The first-order valence-electron chi connectivity index (χ1n) is 6.92. The summed E-state index contributed by atoms with van der Waals surface area (Å²) >= 11 is 0. The number of nitrogens with one attached hydrogen (secondary N) is 2. The first-order chi connectivity index (χ1) is 9.79. The van der Waals surface area contributed by atoms with Gasteiger partial charge in [-0.2, -0.15) is 0 Å². The first-order valence-corrected chi connectivity index (χ1v) is 6.92. The van der Waals surface area contributed by atoms with Crippen LogP contribution in [0.5, 0.6) is 0 Å². The number of para-hydroxylation sites is 1. The van der Waals surface area contributed by atoms with Gasteiger partial charge in [-0.3, -0.25) is 4.79 Å². The first kappa shape index (κ1) is 14.3. The lowest BCUT2D eigenvalue weighted by atomic mass is 10.0. The van der Waals surface area contributed by atoms with Crippen molar-refractivity contribution in [2.75, 3.05) is 18.4 Å². The minimum Gasteiger partial charge on any atom is -0.325 e. The zero-order valence-electron chi connectivity index (χ0n) is 11.7. The highest BCUT2D eigenvalue weighted by atomic mass is 16.1. The van der Waals surface area contributed by atoms with Gasteiger partial charge in [0.05, 0.1) is 6.54 Å². The Morgan fingerprint density at radius 3 is 2.45 bits per heavy atom. The Labute approximate surface area is 120 Å². The van der Waals surface area contributed by atoms with Gasteiger partial charge in [0, 0.05) is 5.69 Å². The molecule has 0 radical (unpaired) electrons. The summed E-state index contributed by atoms with van der Waals surface area (Å²) in [5.41, 5.74) is 3.25. The third-order valence-electron chi connectivity index (χ3n) is 3.06. The molecule has 0 heterocycles. The second kappa shape index (κ2) is 7.46. The summed E-state index contributed by atoms with van der Waals surface area (Å²) in [6.45, 7) is 3.12. The molecule has 0 fully saturated rings. The van der Waals surface area contributed by atoms with E-state index in [4.69, 9.17) is 0 Å². The molecule has 0 aliphatic rings. The standard InChI is InChI=1S/C17H20N2O/c1-2-18-13-17(20)19-16-11-7-6-10-15(16)12-14-8-4-3-5-9-14/h3-11,18H,2,12-13H2,1H3,(H,19,20). The summed E-state index contributed by atoms with van der Waals surface area (Å²) in [4.78, 5) is 11.8. The number of hydrogen-bond acceptors (Lipinski definition) is 2. The Hall–Kier alpha value is -2.13. The molecule has 3 nitrogen and oxygen atoms in total. The number of carbonyl (C=O) groups excluding carboxylic acids is 1. The predicted molar refractivity (Wildman–Crippen MR) is 82.9 cm³/mol. The van der Waals surface area contributed by atoms with E-state index in [0.29, 0.717) is 6.54 Å². The minimum absolute atomic E-state index is 0.00707. The topological polar surface area (TPSA) is 41.1 Å². The monoisotopic (exact) mass is 268 g/mol.